The van der Waals surface area contributed by atoms with Crippen molar-refractivity contribution < 1.29 is 4.39 Å². The van der Waals surface area contributed by atoms with E-state index in [-0.39, 0.29) is 29.8 Å². The van der Waals surface area contributed by atoms with E-state index >= 15 is 0 Å². The van der Waals surface area contributed by atoms with Gasteiger partial charge in [0.1, 0.15) is 5.82 Å². The maximum absolute atomic E-state index is 14.3. The number of hydrogen-bond donors (Lipinski definition) is 2. The fraction of sp³-hybridized carbons (Fsp3) is 0.263. The molecular formula is C19H24FIN6. The van der Waals surface area contributed by atoms with Gasteiger partial charge in [0.15, 0.2) is 5.96 Å². The first-order valence-electron chi connectivity index (χ1n) is 8.66. The van der Waals surface area contributed by atoms with Crippen molar-refractivity contribution in [2.24, 2.45) is 4.99 Å². The molecule has 2 heterocycles. The lowest BCUT2D eigenvalue weighted by Gasteiger charge is -2.12. The van der Waals surface area contributed by atoms with Gasteiger partial charge in [-0.3, -0.25) is 0 Å². The van der Waals surface area contributed by atoms with Gasteiger partial charge in [-0.15, -0.1) is 24.0 Å². The Morgan fingerprint density at radius 2 is 2.00 bits per heavy atom. The number of guanidine groups is 1. The van der Waals surface area contributed by atoms with Crippen molar-refractivity contribution in [3.05, 3.63) is 72.8 Å². The van der Waals surface area contributed by atoms with Gasteiger partial charge in [-0.05, 0) is 36.8 Å². The molecule has 3 rings (SSSR count). The van der Waals surface area contributed by atoms with Crippen LogP contribution in [0, 0.1) is 5.82 Å². The molecule has 144 valence electrons. The van der Waals surface area contributed by atoms with Crippen molar-refractivity contribution in [1.29, 1.82) is 0 Å². The predicted molar refractivity (Wildman–Crippen MR) is 116 cm³/mol. The summed E-state index contributed by atoms with van der Waals surface area (Å²) in [6.07, 6.45) is 8.97. The largest absolute Gasteiger partial charge is 0.357 e. The van der Waals surface area contributed by atoms with Crippen LogP contribution in [0.5, 0.6) is 0 Å². The van der Waals surface area contributed by atoms with E-state index in [0.717, 1.165) is 31.2 Å². The Bertz CT molecular complexity index is 830. The summed E-state index contributed by atoms with van der Waals surface area (Å²) in [6, 6.07) is 9.14. The summed E-state index contributed by atoms with van der Waals surface area (Å²) in [5.74, 6) is 0.431. The number of nitrogens with zero attached hydrogens (tertiary/aromatic N) is 4. The molecule has 0 spiro atoms. The van der Waals surface area contributed by atoms with Gasteiger partial charge < -0.3 is 19.8 Å². The fourth-order valence-corrected chi connectivity index (χ4v) is 2.59. The number of aliphatic imine (C=N–C) groups is 1. The summed E-state index contributed by atoms with van der Waals surface area (Å²) in [5.41, 5.74) is 1.29. The number of imidazole rings is 1. The van der Waals surface area contributed by atoms with Crippen LogP contribution in [-0.2, 0) is 13.1 Å². The lowest BCUT2D eigenvalue weighted by Crippen LogP contribution is -2.38. The molecule has 0 atom stereocenters. The van der Waals surface area contributed by atoms with E-state index in [4.69, 9.17) is 0 Å². The molecular weight excluding hydrogens is 458 g/mol. The number of benzene rings is 1. The second-order valence-electron chi connectivity index (χ2n) is 5.80. The highest BCUT2D eigenvalue weighted by atomic mass is 127. The predicted octanol–water partition coefficient (Wildman–Crippen LogP) is 3.19. The number of nitrogens with one attached hydrogen (secondary N) is 2. The maximum Gasteiger partial charge on any atom is 0.191 e. The van der Waals surface area contributed by atoms with E-state index in [0.29, 0.717) is 12.2 Å². The van der Waals surface area contributed by atoms with Gasteiger partial charge in [-0.2, -0.15) is 0 Å². The number of halogens is 2. The number of aromatic nitrogens is 3. The summed E-state index contributed by atoms with van der Waals surface area (Å²) < 4.78 is 18.1. The smallest absolute Gasteiger partial charge is 0.191 e. The van der Waals surface area contributed by atoms with Crippen LogP contribution in [0.3, 0.4) is 0 Å². The van der Waals surface area contributed by atoms with Gasteiger partial charge >= 0.3 is 0 Å². The third-order valence-corrected chi connectivity index (χ3v) is 3.89. The lowest BCUT2D eigenvalue weighted by atomic mass is 10.2. The minimum atomic E-state index is -0.290. The summed E-state index contributed by atoms with van der Waals surface area (Å²) in [7, 11) is 0. The molecule has 0 fully saturated rings. The van der Waals surface area contributed by atoms with Crippen LogP contribution in [0.2, 0.25) is 0 Å². The highest BCUT2D eigenvalue weighted by Crippen LogP contribution is 2.15. The highest BCUT2D eigenvalue weighted by Gasteiger charge is 2.05. The zero-order valence-electron chi connectivity index (χ0n) is 15.2. The number of hydrogen-bond acceptors (Lipinski definition) is 2. The molecule has 0 aliphatic carbocycles. The zero-order valence-corrected chi connectivity index (χ0v) is 17.5. The maximum atomic E-state index is 14.3. The standard InChI is InChI=1S/C19H23FN6.HI/c1-2-22-19(23-8-11-25-9-3-4-10-25)24-14-16-5-6-18(17(20)13-16)26-12-7-21-15-26;/h3-7,9-10,12-13,15H,2,8,11,14H2,1H3,(H2,22,23,24);1H. The van der Waals surface area contributed by atoms with Crippen molar-refractivity contribution in [3.63, 3.8) is 0 Å². The first kappa shape index (κ1) is 20.9. The van der Waals surface area contributed by atoms with E-state index in [2.05, 4.69) is 25.2 Å². The van der Waals surface area contributed by atoms with Gasteiger partial charge in [-0.25, -0.2) is 14.4 Å². The Morgan fingerprint density at radius 3 is 2.67 bits per heavy atom. The topological polar surface area (TPSA) is 59.2 Å². The third kappa shape index (κ3) is 6.09. The first-order valence-corrected chi connectivity index (χ1v) is 8.66. The van der Waals surface area contributed by atoms with Crippen LogP contribution < -0.4 is 10.6 Å². The molecule has 0 bridgehead atoms. The second-order valence-corrected chi connectivity index (χ2v) is 5.80. The quantitative estimate of drug-likeness (QED) is 0.309. The Morgan fingerprint density at radius 1 is 1.19 bits per heavy atom. The highest BCUT2D eigenvalue weighted by molar-refractivity contribution is 14.0. The van der Waals surface area contributed by atoms with Gasteiger partial charge in [0.05, 0.1) is 18.6 Å². The molecule has 6 nitrogen and oxygen atoms in total. The molecule has 0 radical (unpaired) electrons. The molecule has 0 unspecified atom stereocenters. The lowest BCUT2D eigenvalue weighted by molar-refractivity contribution is 0.615. The summed E-state index contributed by atoms with van der Waals surface area (Å²) in [6.45, 7) is 4.80. The van der Waals surface area contributed by atoms with E-state index in [1.807, 2.05) is 37.5 Å². The molecule has 3 aromatic rings. The molecule has 8 heteroatoms. The molecule has 1 aromatic carbocycles. The fourth-order valence-electron chi connectivity index (χ4n) is 2.59. The van der Waals surface area contributed by atoms with Crippen molar-refractivity contribution in [2.45, 2.75) is 20.0 Å². The van der Waals surface area contributed by atoms with E-state index in [1.165, 1.54) is 6.07 Å². The normalized spacial score (nSPS) is 11.1. The van der Waals surface area contributed by atoms with Crippen LogP contribution in [0.25, 0.3) is 5.69 Å². The van der Waals surface area contributed by atoms with Crippen molar-refractivity contribution in [3.8, 4) is 5.69 Å². The molecule has 0 saturated heterocycles. The van der Waals surface area contributed by atoms with Crippen molar-refractivity contribution in [2.75, 3.05) is 13.1 Å². The molecule has 27 heavy (non-hydrogen) atoms. The van der Waals surface area contributed by atoms with Gasteiger partial charge in [-0.1, -0.05) is 6.07 Å². The van der Waals surface area contributed by atoms with E-state index in [9.17, 15) is 4.39 Å². The average Bonchev–Trinajstić information content (AvgIpc) is 3.33. The second kappa shape index (κ2) is 10.7. The molecule has 0 amide bonds. The Hall–Kier alpha value is -2.36. The zero-order chi connectivity index (χ0) is 18.2. The summed E-state index contributed by atoms with van der Waals surface area (Å²) in [5, 5.41) is 6.49. The average molecular weight is 482 g/mol. The Kier molecular flexibility index (Phi) is 8.31. The minimum absolute atomic E-state index is 0. The Labute approximate surface area is 175 Å². The van der Waals surface area contributed by atoms with Crippen LogP contribution in [0.4, 0.5) is 4.39 Å². The summed E-state index contributed by atoms with van der Waals surface area (Å²) >= 11 is 0. The third-order valence-electron chi connectivity index (χ3n) is 3.89. The van der Waals surface area contributed by atoms with Crippen molar-refractivity contribution >= 4 is 29.9 Å². The first-order chi connectivity index (χ1) is 12.8. The molecule has 0 aliphatic rings. The van der Waals surface area contributed by atoms with Crippen molar-refractivity contribution in [1.82, 2.24) is 24.8 Å². The molecule has 0 saturated carbocycles. The van der Waals surface area contributed by atoms with Crippen LogP contribution >= 0.6 is 24.0 Å². The van der Waals surface area contributed by atoms with E-state index < -0.39 is 0 Å². The summed E-state index contributed by atoms with van der Waals surface area (Å²) in [4.78, 5) is 8.48. The van der Waals surface area contributed by atoms with Crippen LogP contribution in [-0.4, -0.2) is 33.2 Å². The van der Waals surface area contributed by atoms with Crippen LogP contribution in [0.15, 0.2) is 66.4 Å². The van der Waals surface area contributed by atoms with Gasteiger partial charge in [0.25, 0.3) is 0 Å². The van der Waals surface area contributed by atoms with E-state index in [1.54, 1.807) is 29.4 Å². The van der Waals surface area contributed by atoms with Crippen LogP contribution in [0.1, 0.15) is 12.5 Å². The number of rotatable bonds is 7. The SMILES string of the molecule is CCNC(=NCc1ccc(-n2ccnc2)c(F)c1)NCCn1cccc1.I. The molecule has 2 N–H and O–H groups in total. The Balaban J connectivity index is 0.00000261. The molecule has 0 aliphatic heterocycles. The molecule has 2 aromatic heterocycles. The minimum Gasteiger partial charge on any atom is -0.357 e. The monoisotopic (exact) mass is 482 g/mol. The van der Waals surface area contributed by atoms with Gasteiger partial charge in [0, 0.05) is 44.4 Å². The van der Waals surface area contributed by atoms with Gasteiger partial charge in [0.2, 0.25) is 0 Å².